The van der Waals surface area contributed by atoms with Crippen LogP contribution in [-0.2, 0) is 24.5 Å². The highest BCUT2D eigenvalue weighted by molar-refractivity contribution is 6.06. The Morgan fingerprint density at radius 1 is 1.17 bits per heavy atom. The fraction of sp³-hybridized carbons (Fsp3) is 0.286. The maximum absolute atomic E-state index is 12.0. The van der Waals surface area contributed by atoms with Gasteiger partial charge in [0.05, 0.1) is 14.2 Å². The Kier molecular flexibility index (Phi) is 4.50. The van der Waals surface area contributed by atoms with Crippen molar-refractivity contribution in [3.05, 3.63) is 35.9 Å². The van der Waals surface area contributed by atoms with Crippen LogP contribution < -0.4 is 0 Å². The lowest BCUT2D eigenvalue weighted by Crippen LogP contribution is -2.45. The van der Waals surface area contributed by atoms with Gasteiger partial charge in [0.2, 0.25) is 5.41 Å². The van der Waals surface area contributed by atoms with Crippen molar-refractivity contribution in [2.24, 2.45) is 0 Å². The van der Waals surface area contributed by atoms with E-state index in [2.05, 4.69) is 5.92 Å². The van der Waals surface area contributed by atoms with Crippen LogP contribution in [0.1, 0.15) is 12.0 Å². The lowest BCUT2D eigenvalue weighted by atomic mass is 9.77. The first-order chi connectivity index (χ1) is 8.63. The van der Waals surface area contributed by atoms with E-state index in [1.54, 1.807) is 30.3 Å². The van der Waals surface area contributed by atoms with E-state index >= 15 is 0 Å². The number of hydrogen-bond donors (Lipinski definition) is 0. The van der Waals surface area contributed by atoms with Gasteiger partial charge in [-0.1, -0.05) is 30.3 Å². The molecule has 0 saturated carbocycles. The summed E-state index contributed by atoms with van der Waals surface area (Å²) in [5.41, 5.74) is -1.14. The summed E-state index contributed by atoms with van der Waals surface area (Å²) in [6.07, 6.45) is 5.16. The molecule has 0 atom stereocenters. The van der Waals surface area contributed by atoms with Crippen molar-refractivity contribution < 1.29 is 19.1 Å². The minimum Gasteiger partial charge on any atom is -0.468 e. The number of hydrogen-bond acceptors (Lipinski definition) is 4. The number of benzene rings is 1. The van der Waals surface area contributed by atoms with Crippen LogP contribution in [0, 0.1) is 12.3 Å². The van der Waals surface area contributed by atoms with Gasteiger partial charge in [-0.15, -0.1) is 12.3 Å². The normalized spacial score (nSPS) is 10.3. The van der Waals surface area contributed by atoms with Crippen molar-refractivity contribution in [2.75, 3.05) is 14.2 Å². The van der Waals surface area contributed by atoms with Crippen molar-refractivity contribution in [1.82, 2.24) is 0 Å². The van der Waals surface area contributed by atoms with Crippen LogP contribution in [0.5, 0.6) is 0 Å². The number of carbonyl (C=O) groups excluding carboxylic acids is 2. The molecule has 0 bridgehead atoms. The smallest absolute Gasteiger partial charge is 0.328 e. The average Bonchev–Trinajstić information content (AvgIpc) is 2.44. The third kappa shape index (κ3) is 2.21. The summed E-state index contributed by atoms with van der Waals surface area (Å²) in [5.74, 6) is 0.889. The van der Waals surface area contributed by atoms with Gasteiger partial charge < -0.3 is 9.47 Å². The molecule has 0 amide bonds. The second-order valence-corrected chi connectivity index (χ2v) is 3.64. The molecule has 0 unspecified atom stereocenters. The third-order valence-electron chi connectivity index (χ3n) is 2.70. The Morgan fingerprint density at radius 2 is 1.67 bits per heavy atom. The predicted octanol–water partition coefficient (Wildman–Crippen LogP) is 1.29. The molecule has 0 heterocycles. The molecule has 0 N–H and O–H groups in total. The standard InChI is InChI=1S/C14H14O4/c1-4-10-14(12(15)17-2,13(16)18-3)11-8-6-5-7-9-11/h1,5-9H,10H2,2-3H3. The zero-order valence-corrected chi connectivity index (χ0v) is 10.3. The van der Waals surface area contributed by atoms with Gasteiger partial charge in [0.15, 0.2) is 0 Å². The fourth-order valence-corrected chi connectivity index (χ4v) is 1.79. The molecule has 1 aromatic carbocycles. The zero-order chi connectivity index (χ0) is 13.6. The second kappa shape index (κ2) is 5.87. The SMILES string of the molecule is C#CCC(C(=O)OC)(C(=O)OC)c1ccccc1. The number of esters is 2. The molecular formula is C14H14O4. The Hall–Kier alpha value is -2.28. The summed E-state index contributed by atoms with van der Waals surface area (Å²) >= 11 is 0. The molecule has 0 aliphatic carbocycles. The monoisotopic (exact) mass is 246 g/mol. The van der Waals surface area contributed by atoms with Crippen LogP contribution in [0.2, 0.25) is 0 Å². The quantitative estimate of drug-likeness (QED) is 0.456. The van der Waals surface area contributed by atoms with E-state index in [1.807, 2.05) is 0 Å². The summed E-state index contributed by atoms with van der Waals surface area (Å²) in [4.78, 5) is 24.0. The average molecular weight is 246 g/mol. The minimum atomic E-state index is -1.60. The molecule has 0 radical (unpaired) electrons. The van der Waals surface area contributed by atoms with E-state index in [0.29, 0.717) is 5.56 Å². The third-order valence-corrected chi connectivity index (χ3v) is 2.70. The molecule has 4 nitrogen and oxygen atoms in total. The molecule has 18 heavy (non-hydrogen) atoms. The summed E-state index contributed by atoms with van der Waals surface area (Å²) in [5, 5.41) is 0. The van der Waals surface area contributed by atoms with Crippen LogP contribution in [0.4, 0.5) is 0 Å². The number of ether oxygens (including phenoxy) is 2. The molecule has 0 spiro atoms. The minimum absolute atomic E-state index is 0.115. The molecule has 0 aromatic heterocycles. The number of methoxy groups -OCH3 is 2. The van der Waals surface area contributed by atoms with Gasteiger partial charge in [-0.05, 0) is 5.56 Å². The van der Waals surface area contributed by atoms with E-state index in [9.17, 15) is 9.59 Å². The molecule has 4 heteroatoms. The van der Waals surface area contributed by atoms with Crippen molar-refractivity contribution in [3.8, 4) is 12.3 Å². The van der Waals surface area contributed by atoms with Gasteiger partial charge in [-0.3, -0.25) is 9.59 Å². The second-order valence-electron chi connectivity index (χ2n) is 3.64. The highest BCUT2D eigenvalue weighted by atomic mass is 16.5. The van der Waals surface area contributed by atoms with Gasteiger partial charge >= 0.3 is 11.9 Å². The van der Waals surface area contributed by atoms with E-state index in [0.717, 1.165) is 0 Å². The van der Waals surface area contributed by atoms with Gasteiger partial charge in [-0.2, -0.15) is 0 Å². The summed E-state index contributed by atoms with van der Waals surface area (Å²) in [6.45, 7) is 0. The van der Waals surface area contributed by atoms with E-state index < -0.39 is 17.4 Å². The molecule has 0 aliphatic rings. The van der Waals surface area contributed by atoms with Crippen LogP contribution in [0.3, 0.4) is 0 Å². The van der Waals surface area contributed by atoms with Gasteiger partial charge in [0, 0.05) is 6.42 Å². The van der Waals surface area contributed by atoms with Gasteiger partial charge in [0.1, 0.15) is 0 Å². The number of rotatable bonds is 4. The molecule has 1 rings (SSSR count). The van der Waals surface area contributed by atoms with Crippen molar-refractivity contribution >= 4 is 11.9 Å². The lowest BCUT2D eigenvalue weighted by Gasteiger charge is -2.26. The molecule has 0 aliphatic heterocycles. The number of terminal acetylenes is 1. The maximum Gasteiger partial charge on any atom is 0.328 e. The van der Waals surface area contributed by atoms with Crippen LogP contribution in [0.25, 0.3) is 0 Å². The Bertz CT molecular complexity index is 454. The van der Waals surface area contributed by atoms with Gasteiger partial charge in [0.25, 0.3) is 0 Å². The number of carbonyl (C=O) groups is 2. The molecule has 94 valence electrons. The van der Waals surface area contributed by atoms with E-state index in [4.69, 9.17) is 15.9 Å². The first-order valence-corrected chi connectivity index (χ1v) is 5.29. The highest BCUT2D eigenvalue weighted by Crippen LogP contribution is 2.31. The van der Waals surface area contributed by atoms with Crippen molar-refractivity contribution in [2.45, 2.75) is 11.8 Å². The molecule has 0 saturated heterocycles. The van der Waals surface area contributed by atoms with Crippen LogP contribution in [0.15, 0.2) is 30.3 Å². The topological polar surface area (TPSA) is 52.6 Å². The molecular weight excluding hydrogens is 232 g/mol. The van der Waals surface area contributed by atoms with Gasteiger partial charge in [-0.25, -0.2) is 0 Å². The largest absolute Gasteiger partial charge is 0.468 e. The summed E-state index contributed by atoms with van der Waals surface area (Å²) in [6, 6.07) is 8.49. The Labute approximate surface area is 106 Å². The van der Waals surface area contributed by atoms with E-state index in [1.165, 1.54) is 14.2 Å². The summed E-state index contributed by atoms with van der Waals surface area (Å²) < 4.78 is 9.42. The van der Waals surface area contributed by atoms with Crippen molar-refractivity contribution in [1.29, 1.82) is 0 Å². The predicted molar refractivity (Wildman–Crippen MR) is 65.6 cm³/mol. The molecule has 1 aromatic rings. The fourth-order valence-electron chi connectivity index (χ4n) is 1.79. The maximum atomic E-state index is 12.0. The highest BCUT2D eigenvalue weighted by Gasteiger charge is 2.49. The van der Waals surface area contributed by atoms with E-state index in [-0.39, 0.29) is 6.42 Å². The Morgan fingerprint density at radius 3 is 2.06 bits per heavy atom. The lowest BCUT2D eigenvalue weighted by molar-refractivity contribution is -0.161. The van der Waals surface area contributed by atoms with Crippen LogP contribution in [-0.4, -0.2) is 26.2 Å². The first-order valence-electron chi connectivity index (χ1n) is 5.29. The molecule has 0 fully saturated rings. The van der Waals surface area contributed by atoms with Crippen LogP contribution >= 0.6 is 0 Å². The first kappa shape index (κ1) is 13.8. The Balaban J connectivity index is 3.44. The zero-order valence-electron chi connectivity index (χ0n) is 10.3. The van der Waals surface area contributed by atoms with Crippen molar-refractivity contribution in [3.63, 3.8) is 0 Å². The summed E-state index contributed by atoms with van der Waals surface area (Å²) in [7, 11) is 2.42.